The first-order chi connectivity index (χ1) is 9.90. The lowest BCUT2D eigenvalue weighted by Crippen LogP contribution is -2.13. The van der Waals surface area contributed by atoms with Crippen LogP contribution < -0.4 is 10.5 Å². The molecule has 0 aliphatic carbocycles. The second kappa shape index (κ2) is 6.26. The molecule has 0 bridgehead atoms. The predicted molar refractivity (Wildman–Crippen MR) is 81.8 cm³/mol. The van der Waals surface area contributed by atoms with Crippen LogP contribution in [0.1, 0.15) is 15.9 Å². The average Bonchev–Trinajstić information content (AvgIpc) is 2.47. The van der Waals surface area contributed by atoms with Gasteiger partial charge in [-0.3, -0.25) is 4.79 Å². The van der Waals surface area contributed by atoms with Gasteiger partial charge in [0.2, 0.25) is 10.0 Å². The summed E-state index contributed by atoms with van der Waals surface area (Å²) >= 11 is 5.68. The van der Waals surface area contributed by atoms with E-state index in [2.05, 4.69) is 5.32 Å². The topological polar surface area (TPSA) is 89.3 Å². The van der Waals surface area contributed by atoms with Crippen LogP contribution in [-0.2, 0) is 15.9 Å². The minimum atomic E-state index is -3.73. The summed E-state index contributed by atoms with van der Waals surface area (Å²) < 4.78 is 22.3. The summed E-state index contributed by atoms with van der Waals surface area (Å²) in [7, 11) is -3.73. The van der Waals surface area contributed by atoms with Gasteiger partial charge in [-0.2, -0.15) is 0 Å². The number of carbonyl (C=O) groups is 1. The Balaban J connectivity index is 2.12. The molecule has 0 saturated carbocycles. The number of rotatable bonds is 4. The van der Waals surface area contributed by atoms with Crippen molar-refractivity contribution < 1.29 is 13.2 Å². The van der Waals surface area contributed by atoms with Crippen LogP contribution >= 0.6 is 11.6 Å². The summed E-state index contributed by atoms with van der Waals surface area (Å²) in [6.07, 6.45) is 0. The number of amides is 1. The fourth-order valence-corrected chi connectivity index (χ4v) is 2.37. The van der Waals surface area contributed by atoms with E-state index in [-0.39, 0.29) is 10.8 Å². The summed E-state index contributed by atoms with van der Waals surface area (Å²) in [6.45, 7) is 0. The normalized spacial score (nSPS) is 11.1. The molecule has 0 radical (unpaired) electrons. The number of halogens is 1. The van der Waals surface area contributed by atoms with Crippen molar-refractivity contribution in [3.8, 4) is 0 Å². The molecule has 2 aromatic carbocycles. The SMILES string of the molecule is NS(=O)(=O)c1ccc(NC(=O)c2ccc(CCl)cc2)cc1. The molecule has 0 aliphatic rings. The van der Waals surface area contributed by atoms with Gasteiger partial charge in [0.1, 0.15) is 0 Å². The second-order valence-corrected chi connectivity index (χ2v) is 6.18. The van der Waals surface area contributed by atoms with Gasteiger partial charge in [0.05, 0.1) is 4.90 Å². The van der Waals surface area contributed by atoms with Gasteiger partial charge in [-0.05, 0) is 42.0 Å². The van der Waals surface area contributed by atoms with Crippen molar-refractivity contribution in [1.29, 1.82) is 0 Å². The molecule has 0 heterocycles. The Bertz CT molecular complexity index is 741. The highest BCUT2D eigenvalue weighted by Crippen LogP contribution is 2.14. The summed E-state index contributed by atoms with van der Waals surface area (Å²) in [4.78, 5) is 12.0. The first kappa shape index (κ1) is 15.5. The van der Waals surface area contributed by atoms with Gasteiger partial charge in [-0.25, -0.2) is 13.6 Å². The molecule has 110 valence electrons. The molecular formula is C14H13ClN2O3S. The Kier molecular flexibility index (Phi) is 4.62. The van der Waals surface area contributed by atoms with Crippen LogP contribution in [0.4, 0.5) is 5.69 Å². The van der Waals surface area contributed by atoms with E-state index >= 15 is 0 Å². The number of anilines is 1. The van der Waals surface area contributed by atoms with E-state index in [1.807, 2.05) is 0 Å². The number of hydrogen-bond acceptors (Lipinski definition) is 3. The molecule has 0 unspecified atom stereocenters. The van der Waals surface area contributed by atoms with Crippen molar-refractivity contribution >= 4 is 33.2 Å². The van der Waals surface area contributed by atoms with Gasteiger partial charge in [0, 0.05) is 17.1 Å². The minimum Gasteiger partial charge on any atom is -0.322 e. The number of nitrogens with two attached hydrogens (primary N) is 1. The van der Waals surface area contributed by atoms with Crippen LogP contribution in [0.2, 0.25) is 0 Å². The van der Waals surface area contributed by atoms with Crippen molar-refractivity contribution in [3.05, 3.63) is 59.7 Å². The van der Waals surface area contributed by atoms with Crippen molar-refractivity contribution in [3.63, 3.8) is 0 Å². The Hall–Kier alpha value is -1.89. The smallest absolute Gasteiger partial charge is 0.255 e. The van der Waals surface area contributed by atoms with Gasteiger partial charge in [0.15, 0.2) is 0 Å². The van der Waals surface area contributed by atoms with Gasteiger partial charge >= 0.3 is 0 Å². The standard InChI is InChI=1S/C14H13ClN2O3S/c15-9-10-1-3-11(4-2-10)14(18)17-12-5-7-13(8-6-12)21(16,19)20/h1-8H,9H2,(H,17,18)(H2,16,19,20). The fourth-order valence-electron chi connectivity index (χ4n) is 1.68. The Morgan fingerprint density at radius 1 is 1.05 bits per heavy atom. The number of carbonyl (C=O) groups excluding carboxylic acids is 1. The first-order valence-electron chi connectivity index (χ1n) is 5.99. The highest BCUT2D eigenvalue weighted by Gasteiger charge is 2.09. The molecule has 0 fully saturated rings. The molecule has 21 heavy (non-hydrogen) atoms. The first-order valence-corrected chi connectivity index (χ1v) is 8.07. The highest BCUT2D eigenvalue weighted by atomic mass is 35.5. The van der Waals surface area contributed by atoms with Crippen molar-refractivity contribution in [2.75, 3.05) is 5.32 Å². The molecule has 2 aromatic rings. The van der Waals surface area contributed by atoms with Crippen LogP contribution in [0.15, 0.2) is 53.4 Å². The van der Waals surface area contributed by atoms with E-state index in [1.54, 1.807) is 24.3 Å². The molecule has 3 N–H and O–H groups in total. The van der Waals surface area contributed by atoms with Crippen molar-refractivity contribution in [2.24, 2.45) is 5.14 Å². The van der Waals surface area contributed by atoms with E-state index in [9.17, 15) is 13.2 Å². The van der Waals surface area contributed by atoms with E-state index in [0.717, 1.165) is 5.56 Å². The van der Waals surface area contributed by atoms with E-state index < -0.39 is 10.0 Å². The molecule has 0 atom stereocenters. The molecule has 0 aliphatic heterocycles. The number of sulfonamides is 1. The largest absolute Gasteiger partial charge is 0.322 e. The highest BCUT2D eigenvalue weighted by molar-refractivity contribution is 7.89. The molecule has 0 aromatic heterocycles. The Labute approximate surface area is 127 Å². The molecule has 5 nitrogen and oxygen atoms in total. The van der Waals surface area contributed by atoms with E-state index in [4.69, 9.17) is 16.7 Å². The maximum Gasteiger partial charge on any atom is 0.255 e. The number of hydrogen-bond donors (Lipinski definition) is 2. The lowest BCUT2D eigenvalue weighted by atomic mass is 10.1. The number of nitrogens with one attached hydrogen (secondary N) is 1. The van der Waals surface area contributed by atoms with Gasteiger partial charge in [-0.1, -0.05) is 12.1 Å². The summed E-state index contributed by atoms with van der Waals surface area (Å²) in [5.74, 6) is 0.0937. The van der Waals surface area contributed by atoms with Crippen LogP contribution in [-0.4, -0.2) is 14.3 Å². The van der Waals surface area contributed by atoms with Gasteiger partial charge in [0.25, 0.3) is 5.91 Å². The zero-order valence-electron chi connectivity index (χ0n) is 10.9. The maximum atomic E-state index is 12.0. The Morgan fingerprint density at radius 3 is 2.10 bits per heavy atom. The molecule has 2 rings (SSSR count). The quantitative estimate of drug-likeness (QED) is 0.846. The van der Waals surface area contributed by atoms with Crippen molar-refractivity contribution in [1.82, 2.24) is 0 Å². The lowest BCUT2D eigenvalue weighted by molar-refractivity contribution is 0.102. The van der Waals surface area contributed by atoms with Crippen molar-refractivity contribution in [2.45, 2.75) is 10.8 Å². The third-order valence-corrected chi connectivity index (χ3v) is 4.05. The molecular weight excluding hydrogens is 312 g/mol. The molecule has 7 heteroatoms. The molecule has 0 saturated heterocycles. The van der Waals surface area contributed by atoms with Crippen LogP contribution in [0.3, 0.4) is 0 Å². The summed E-state index contributed by atoms with van der Waals surface area (Å²) in [5, 5.41) is 7.67. The van der Waals surface area contributed by atoms with E-state index in [0.29, 0.717) is 17.1 Å². The fraction of sp³-hybridized carbons (Fsp3) is 0.0714. The number of primary sulfonamides is 1. The summed E-state index contributed by atoms with van der Waals surface area (Å²) in [6, 6.07) is 12.5. The summed E-state index contributed by atoms with van der Waals surface area (Å²) in [5.41, 5.74) is 1.89. The van der Waals surface area contributed by atoms with Gasteiger partial charge in [-0.15, -0.1) is 11.6 Å². The number of benzene rings is 2. The van der Waals surface area contributed by atoms with Crippen LogP contribution in [0.25, 0.3) is 0 Å². The zero-order chi connectivity index (χ0) is 15.5. The monoisotopic (exact) mass is 324 g/mol. The van der Waals surface area contributed by atoms with E-state index in [1.165, 1.54) is 24.3 Å². The lowest BCUT2D eigenvalue weighted by Gasteiger charge is -2.06. The number of alkyl halides is 1. The predicted octanol–water partition coefficient (Wildman–Crippen LogP) is 2.33. The maximum absolute atomic E-state index is 12.0. The third-order valence-electron chi connectivity index (χ3n) is 2.81. The van der Waals surface area contributed by atoms with Gasteiger partial charge < -0.3 is 5.32 Å². The van der Waals surface area contributed by atoms with Crippen LogP contribution in [0.5, 0.6) is 0 Å². The average molecular weight is 325 g/mol. The second-order valence-electron chi connectivity index (χ2n) is 4.35. The Morgan fingerprint density at radius 2 is 1.62 bits per heavy atom. The molecule has 1 amide bonds. The minimum absolute atomic E-state index is 0.00744. The molecule has 0 spiro atoms. The zero-order valence-corrected chi connectivity index (χ0v) is 12.5. The third kappa shape index (κ3) is 4.04. The van der Waals surface area contributed by atoms with Crippen LogP contribution in [0, 0.1) is 0 Å².